The van der Waals surface area contributed by atoms with Gasteiger partial charge < -0.3 is 20.7 Å². The van der Waals surface area contributed by atoms with E-state index in [4.69, 9.17) is 10.5 Å². The molecule has 0 bridgehead atoms. The van der Waals surface area contributed by atoms with Gasteiger partial charge in [0, 0.05) is 20.1 Å². The van der Waals surface area contributed by atoms with Crippen molar-refractivity contribution in [3.8, 4) is 5.75 Å². The molecule has 0 aromatic carbocycles. The largest absolute Gasteiger partial charge is 0.490 e. The molecule has 3 N–H and O–H groups in total. The molecule has 7 heteroatoms. The molecule has 1 amide bonds. The summed E-state index contributed by atoms with van der Waals surface area (Å²) in [6.45, 7) is 3.14. The van der Waals surface area contributed by atoms with Gasteiger partial charge in [0.15, 0.2) is 11.6 Å². The summed E-state index contributed by atoms with van der Waals surface area (Å²) in [6.07, 6.45) is 2.19. The minimum atomic E-state index is -0.518. The van der Waals surface area contributed by atoms with Gasteiger partial charge in [0.25, 0.3) is 0 Å². The SMILES string of the molecule is CNc1ncnc(N2CCC(C)(C(N)=O)C2)c1OC. The lowest BCUT2D eigenvalue weighted by molar-refractivity contribution is -0.125. The summed E-state index contributed by atoms with van der Waals surface area (Å²) in [5.74, 6) is 1.61. The summed E-state index contributed by atoms with van der Waals surface area (Å²) >= 11 is 0. The van der Waals surface area contributed by atoms with Crippen LogP contribution in [0.1, 0.15) is 13.3 Å². The number of carbonyl (C=O) groups excluding carboxylic acids is 1. The normalized spacial score (nSPS) is 22.4. The van der Waals surface area contributed by atoms with Gasteiger partial charge in [-0.15, -0.1) is 0 Å². The highest BCUT2D eigenvalue weighted by Gasteiger charge is 2.40. The van der Waals surface area contributed by atoms with Crippen molar-refractivity contribution in [3.05, 3.63) is 6.33 Å². The maximum Gasteiger partial charge on any atom is 0.225 e. The maximum absolute atomic E-state index is 11.5. The average Bonchev–Trinajstić information content (AvgIpc) is 2.81. The van der Waals surface area contributed by atoms with Crippen LogP contribution in [0, 0.1) is 5.41 Å². The molecule has 1 aliphatic heterocycles. The molecular formula is C12H19N5O2. The number of hydrogen-bond acceptors (Lipinski definition) is 6. The van der Waals surface area contributed by atoms with Gasteiger partial charge in [-0.1, -0.05) is 0 Å². The van der Waals surface area contributed by atoms with E-state index >= 15 is 0 Å². The topological polar surface area (TPSA) is 93.4 Å². The summed E-state index contributed by atoms with van der Waals surface area (Å²) in [4.78, 5) is 21.9. The Morgan fingerprint density at radius 2 is 2.32 bits per heavy atom. The van der Waals surface area contributed by atoms with Gasteiger partial charge in [0.2, 0.25) is 11.7 Å². The second-order valence-corrected chi connectivity index (χ2v) is 4.93. The van der Waals surface area contributed by atoms with E-state index in [2.05, 4.69) is 15.3 Å². The van der Waals surface area contributed by atoms with Gasteiger partial charge >= 0.3 is 0 Å². The minimum Gasteiger partial charge on any atom is -0.490 e. The molecule has 2 heterocycles. The Bertz CT molecular complexity index is 493. The lowest BCUT2D eigenvalue weighted by atomic mass is 9.89. The van der Waals surface area contributed by atoms with Crippen LogP contribution in [-0.4, -0.2) is 43.1 Å². The number of ether oxygens (including phenoxy) is 1. The number of amides is 1. The molecule has 1 saturated heterocycles. The van der Waals surface area contributed by atoms with Crippen molar-refractivity contribution >= 4 is 17.5 Å². The van der Waals surface area contributed by atoms with Crippen LogP contribution in [0.25, 0.3) is 0 Å². The van der Waals surface area contributed by atoms with E-state index in [9.17, 15) is 4.79 Å². The van der Waals surface area contributed by atoms with Gasteiger partial charge in [-0.2, -0.15) is 0 Å². The quantitative estimate of drug-likeness (QED) is 0.809. The first kappa shape index (κ1) is 13.4. The Labute approximate surface area is 112 Å². The molecule has 0 saturated carbocycles. The average molecular weight is 265 g/mol. The molecule has 104 valence electrons. The van der Waals surface area contributed by atoms with E-state index in [0.717, 1.165) is 6.54 Å². The number of aromatic nitrogens is 2. The summed E-state index contributed by atoms with van der Waals surface area (Å²) in [5.41, 5.74) is 4.94. The van der Waals surface area contributed by atoms with Crippen molar-refractivity contribution in [2.24, 2.45) is 11.1 Å². The van der Waals surface area contributed by atoms with Crippen LogP contribution in [-0.2, 0) is 4.79 Å². The molecule has 1 unspecified atom stereocenters. The second kappa shape index (κ2) is 4.91. The molecule has 1 atom stereocenters. The number of nitrogens with two attached hydrogens (primary N) is 1. The first-order valence-electron chi connectivity index (χ1n) is 6.13. The molecule has 1 aromatic rings. The number of anilines is 2. The zero-order chi connectivity index (χ0) is 14.0. The number of primary amides is 1. The second-order valence-electron chi connectivity index (χ2n) is 4.93. The lowest BCUT2D eigenvalue weighted by Crippen LogP contribution is -2.37. The molecule has 0 aliphatic carbocycles. The Balaban J connectivity index is 2.32. The summed E-state index contributed by atoms with van der Waals surface area (Å²) < 4.78 is 5.36. The zero-order valence-electron chi connectivity index (χ0n) is 11.4. The predicted molar refractivity (Wildman–Crippen MR) is 72.3 cm³/mol. The minimum absolute atomic E-state index is 0.281. The molecule has 1 fully saturated rings. The van der Waals surface area contributed by atoms with E-state index in [1.165, 1.54) is 6.33 Å². The lowest BCUT2D eigenvalue weighted by Gasteiger charge is -2.23. The van der Waals surface area contributed by atoms with Crippen molar-refractivity contribution < 1.29 is 9.53 Å². The molecule has 0 spiro atoms. The van der Waals surface area contributed by atoms with Gasteiger partial charge in [0.1, 0.15) is 6.33 Å². The number of carbonyl (C=O) groups is 1. The third-order valence-corrected chi connectivity index (χ3v) is 3.59. The third-order valence-electron chi connectivity index (χ3n) is 3.59. The fraction of sp³-hybridized carbons (Fsp3) is 0.583. The number of methoxy groups -OCH3 is 1. The highest BCUT2D eigenvalue weighted by molar-refractivity contribution is 5.82. The van der Waals surface area contributed by atoms with Crippen molar-refractivity contribution in [1.82, 2.24) is 9.97 Å². The standard InChI is InChI=1S/C12H19N5O2/c1-12(11(13)18)4-5-17(6-12)10-8(19-3)9(14-2)15-7-16-10/h7H,4-6H2,1-3H3,(H2,13,18)(H,14,15,16). The van der Waals surface area contributed by atoms with Gasteiger partial charge in [-0.05, 0) is 13.3 Å². The molecule has 19 heavy (non-hydrogen) atoms. The Kier molecular flexibility index (Phi) is 3.46. The highest BCUT2D eigenvalue weighted by atomic mass is 16.5. The number of hydrogen-bond donors (Lipinski definition) is 2. The highest BCUT2D eigenvalue weighted by Crippen LogP contribution is 2.38. The van der Waals surface area contributed by atoms with E-state index in [1.54, 1.807) is 14.2 Å². The molecular weight excluding hydrogens is 246 g/mol. The Morgan fingerprint density at radius 3 is 2.84 bits per heavy atom. The van der Waals surface area contributed by atoms with Crippen LogP contribution in [0.4, 0.5) is 11.6 Å². The monoisotopic (exact) mass is 265 g/mol. The van der Waals surface area contributed by atoms with Gasteiger partial charge in [-0.3, -0.25) is 4.79 Å². The number of nitrogens with one attached hydrogen (secondary N) is 1. The first-order valence-corrected chi connectivity index (χ1v) is 6.13. The molecule has 1 aliphatic rings. The summed E-state index contributed by atoms with van der Waals surface area (Å²) in [6, 6.07) is 0. The molecule has 2 rings (SSSR count). The maximum atomic E-state index is 11.5. The number of nitrogens with zero attached hydrogens (tertiary/aromatic N) is 3. The van der Waals surface area contributed by atoms with E-state index < -0.39 is 5.41 Å². The Hall–Kier alpha value is -2.05. The van der Waals surface area contributed by atoms with Crippen molar-refractivity contribution in [2.75, 3.05) is 37.5 Å². The van der Waals surface area contributed by atoms with Crippen LogP contribution in [0.15, 0.2) is 6.33 Å². The van der Waals surface area contributed by atoms with Crippen LogP contribution in [0.5, 0.6) is 5.75 Å². The molecule has 7 nitrogen and oxygen atoms in total. The molecule has 1 aromatic heterocycles. The van der Waals surface area contributed by atoms with Crippen LogP contribution >= 0.6 is 0 Å². The number of rotatable bonds is 4. The van der Waals surface area contributed by atoms with E-state index in [-0.39, 0.29) is 5.91 Å². The fourth-order valence-electron chi connectivity index (χ4n) is 2.30. The third kappa shape index (κ3) is 2.27. The first-order chi connectivity index (χ1) is 9.01. The van der Waals surface area contributed by atoms with Crippen molar-refractivity contribution in [1.29, 1.82) is 0 Å². The predicted octanol–water partition coefficient (Wildman–Crippen LogP) is 0.229. The molecule has 0 radical (unpaired) electrons. The van der Waals surface area contributed by atoms with Crippen LogP contribution in [0.2, 0.25) is 0 Å². The summed E-state index contributed by atoms with van der Waals surface area (Å²) in [5, 5.41) is 2.96. The van der Waals surface area contributed by atoms with E-state index in [1.807, 2.05) is 11.8 Å². The van der Waals surface area contributed by atoms with Gasteiger partial charge in [0.05, 0.1) is 12.5 Å². The van der Waals surface area contributed by atoms with Crippen LogP contribution in [0.3, 0.4) is 0 Å². The van der Waals surface area contributed by atoms with Crippen molar-refractivity contribution in [2.45, 2.75) is 13.3 Å². The fourth-order valence-corrected chi connectivity index (χ4v) is 2.30. The zero-order valence-corrected chi connectivity index (χ0v) is 11.4. The van der Waals surface area contributed by atoms with Crippen LogP contribution < -0.4 is 20.7 Å². The smallest absolute Gasteiger partial charge is 0.225 e. The van der Waals surface area contributed by atoms with E-state index in [0.29, 0.717) is 30.4 Å². The summed E-state index contributed by atoms with van der Waals surface area (Å²) in [7, 11) is 3.35. The van der Waals surface area contributed by atoms with Gasteiger partial charge in [-0.25, -0.2) is 9.97 Å². The van der Waals surface area contributed by atoms with Crippen molar-refractivity contribution in [3.63, 3.8) is 0 Å². The Morgan fingerprint density at radius 1 is 1.58 bits per heavy atom.